The molecule has 4 heteroatoms. The maximum absolute atomic E-state index is 0. The zero-order chi connectivity index (χ0) is 0. The van der Waals surface area contributed by atoms with Crippen LogP contribution in [0.25, 0.3) is 0 Å². The van der Waals surface area contributed by atoms with Crippen molar-refractivity contribution in [1.29, 1.82) is 0 Å². The Labute approximate surface area is 34.4 Å². The van der Waals surface area contributed by atoms with Gasteiger partial charge in [-0.2, -0.15) is 0 Å². The van der Waals surface area contributed by atoms with Crippen LogP contribution in [0.15, 0.2) is 0 Å². The van der Waals surface area contributed by atoms with Crippen LogP contribution in [0.3, 0.4) is 0 Å². The molecule has 0 fully saturated rings. The quantitative estimate of drug-likeness (QED) is 0.375. The molecular weight excluding hydrogens is 103 g/mol. The number of hydrogen-bond donors (Lipinski definition) is 0. The summed E-state index contributed by atoms with van der Waals surface area (Å²) in [7, 11) is 0. The van der Waals surface area contributed by atoms with Crippen molar-refractivity contribution in [3.05, 3.63) is 0 Å². The van der Waals surface area contributed by atoms with Gasteiger partial charge in [0.05, 0.1) is 0 Å². The van der Waals surface area contributed by atoms with Crippen LogP contribution >= 0.6 is 0 Å². The summed E-state index contributed by atoms with van der Waals surface area (Å²) in [5.41, 5.74) is 0. The second-order valence-electron chi connectivity index (χ2n) is 0. The standard InChI is InChI=1S/Mn.3O/q;3*-2. The van der Waals surface area contributed by atoms with Gasteiger partial charge >= 0.3 is 0 Å². The molecule has 4 heavy (non-hydrogen) atoms. The van der Waals surface area contributed by atoms with Crippen LogP contribution in [0.5, 0.6) is 0 Å². The summed E-state index contributed by atoms with van der Waals surface area (Å²) in [5, 5.41) is 0. The first kappa shape index (κ1) is 319. The van der Waals surface area contributed by atoms with Gasteiger partial charge in [0.25, 0.3) is 0 Å². The van der Waals surface area contributed by atoms with Crippen LogP contribution in [0, 0.1) is 0 Å². The second-order valence-corrected chi connectivity index (χ2v) is 0. The van der Waals surface area contributed by atoms with Gasteiger partial charge in [-0.25, -0.2) is 0 Å². The van der Waals surface area contributed by atoms with Crippen molar-refractivity contribution in [1.82, 2.24) is 0 Å². The summed E-state index contributed by atoms with van der Waals surface area (Å²) in [6.07, 6.45) is 0. The molecular formula is MnO3-6. The molecule has 0 aromatic carbocycles. The van der Waals surface area contributed by atoms with E-state index in [-0.39, 0.29) is 33.5 Å². The van der Waals surface area contributed by atoms with Gasteiger partial charge < -0.3 is 16.4 Å². The summed E-state index contributed by atoms with van der Waals surface area (Å²) >= 11 is 0. The van der Waals surface area contributed by atoms with Crippen LogP contribution in [-0.2, 0) is 33.5 Å². The first-order valence-electron chi connectivity index (χ1n) is 0. The normalized spacial score (nSPS) is 0. The molecule has 0 aromatic heterocycles. The fourth-order valence-corrected chi connectivity index (χ4v) is 0. The van der Waals surface area contributed by atoms with E-state index < -0.39 is 0 Å². The Morgan fingerprint density at radius 2 is 0.500 bits per heavy atom. The monoisotopic (exact) mass is 103 g/mol. The molecule has 0 unspecified atom stereocenters. The fraction of sp³-hybridized carbons (Fsp3) is 0. The molecule has 0 amide bonds. The third-order valence-electron chi connectivity index (χ3n) is 0. The van der Waals surface area contributed by atoms with Crippen molar-refractivity contribution in [2.75, 3.05) is 0 Å². The second kappa shape index (κ2) is 123. The molecule has 0 atom stereocenters. The molecule has 0 saturated carbocycles. The van der Waals surface area contributed by atoms with E-state index in [1.54, 1.807) is 0 Å². The third-order valence-corrected chi connectivity index (χ3v) is 0. The molecule has 3 nitrogen and oxygen atoms in total. The van der Waals surface area contributed by atoms with Crippen LogP contribution in [0.4, 0.5) is 0 Å². The zero-order valence-corrected chi connectivity index (χ0v) is 2.78. The van der Waals surface area contributed by atoms with Crippen molar-refractivity contribution >= 4 is 0 Å². The third kappa shape index (κ3) is 29.4. The first-order chi connectivity index (χ1) is 0. The molecule has 0 spiro atoms. The van der Waals surface area contributed by atoms with Gasteiger partial charge in [0.15, 0.2) is 0 Å². The van der Waals surface area contributed by atoms with Gasteiger partial charge in [-0.15, -0.1) is 0 Å². The molecule has 0 aliphatic carbocycles. The maximum atomic E-state index is 0. The molecule has 0 saturated heterocycles. The minimum absolute atomic E-state index is 0. The van der Waals surface area contributed by atoms with E-state index >= 15 is 0 Å². The first-order valence-corrected chi connectivity index (χ1v) is 0. The van der Waals surface area contributed by atoms with Crippen LogP contribution < -0.4 is 0 Å². The van der Waals surface area contributed by atoms with Gasteiger partial charge in [0, 0.05) is 17.1 Å². The van der Waals surface area contributed by atoms with E-state index in [2.05, 4.69) is 0 Å². The van der Waals surface area contributed by atoms with Crippen molar-refractivity contribution in [3.8, 4) is 0 Å². The van der Waals surface area contributed by atoms with Gasteiger partial charge in [-0.05, 0) is 0 Å². The SMILES string of the molecule is [Mn].[O-2].[O-2].[O-2]. The van der Waals surface area contributed by atoms with Crippen LogP contribution in [0.1, 0.15) is 0 Å². The van der Waals surface area contributed by atoms with Crippen LogP contribution in [0.2, 0.25) is 0 Å². The predicted octanol–water partition coefficient (Wildman–Crippen LogP) is -0.359. The Balaban J connectivity index is 0. The van der Waals surface area contributed by atoms with Gasteiger partial charge in [0.2, 0.25) is 0 Å². The van der Waals surface area contributed by atoms with E-state index in [1.165, 1.54) is 0 Å². The molecule has 0 N–H and O–H groups in total. The molecule has 1 radical (unpaired) electrons. The van der Waals surface area contributed by atoms with Gasteiger partial charge in [-0.1, -0.05) is 0 Å². The van der Waals surface area contributed by atoms with Crippen molar-refractivity contribution in [2.45, 2.75) is 0 Å². The van der Waals surface area contributed by atoms with E-state index in [0.717, 1.165) is 0 Å². The summed E-state index contributed by atoms with van der Waals surface area (Å²) in [6, 6.07) is 0. The summed E-state index contributed by atoms with van der Waals surface area (Å²) in [4.78, 5) is 0. The molecule has 0 heterocycles. The Hall–Kier alpha value is 0.399. The maximum Gasteiger partial charge on any atom is 0 e. The molecule has 0 aliphatic rings. The Morgan fingerprint density at radius 3 is 0.500 bits per heavy atom. The number of hydrogen-bond acceptors (Lipinski definition) is 0. The summed E-state index contributed by atoms with van der Waals surface area (Å²) in [5.74, 6) is 0. The average Bonchev–Trinajstić information content (AvgIpc) is 0. The molecule has 0 aromatic rings. The van der Waals surface area contributed by atoms with Crippen molar-refractivity contribution in [2.24, 2.45) is 0 Å². The molecule has 0 rings (SSSR count). The molecule has 0 bridgehead atoms. The Bertz CT molecular complexity index is 3.25. The van der Waals surface area contributed by atoms with E-state index in [4.69, 9.17) is 0 Å². The van der Waals surface area contributed by atoms with Gasteiger partial charge in [0.1, 0.15) is 0 Å². The van der Waals surface area contributed by atoms with E-state index in [1.807, 2.05) is 0 Å². The van der Waals surface area contributed by atoms with Crippen molar-refractivity contribution < 1.29 is 33.5 Å². The Morgan fingerprint density at radius 1 is 0.500 bits per heavy atom. The van der Waals surface area contributed by atoms with Crippen LogP contribution in [-0.4, -0.2) is 0 Å². The molecule has 0 aliphatic heterocycles. The summed E-state index contributed by atoms with van der Waals surface area (Å²) in [6.45, 7) is 0. The predicted molar refractivity (Wildman–Crippen MR) is 2.06 cm³/mol. The minimum Gasteiger partial charge on any atom is -2.00 e. The zero-order valence-electron chi connectivity index (χ0n) is 1.60. The average molecular weight is 103 g/mol. The Kier molecular flexibility index (Phi) is 9770. The fourth-order valence-electron chi connectivity index (χ4n) is 0. The minimum atomic E-state index is 0. The molecule has 31 valence electrons. The smallest absolute Gasteiger partial charge is 0 e. The number of rotatable bonds is 0. The van der Waals surface area contributed by atoms with E-state index in [0.29, 0.717) is 0 Å². The van der Waals surface area contributed by atoms with E-state index in [9.17, 15) is 0 Å². The van der Waals surface area contributed by atoms with Gasteiger partial charge in [-0.3, -0.25) is 0 Å². The van der Waals surface area contributed by atoms with Crippen molar-refractivity contribution in [3.63, 3.8) is 0 Å². The summed E-state index contributed by atoms with van der Waals surface area (Å²) < 4.78 is 0. The largest absolute Gasteiger partial charge is 2.00 e. The topological polar surface area (TPSA) is 85.5 Å².